The molecule has 123 heavy (non-hydrogen) atoms. The SMILES string of the molecule is CC(C)(COc1ccc(C(F)(F)F)cc1)CN(Cc1cccnc1)Cc1ccccc1F.CC(C)(COc1ccc(C(F)(F)F)cc1)CN(Cc1cccnc1)Cc1cccnc1.Cc1ccccc1CN(CCCOc1ccc(C(F)(F)F)cc1)Cc1cccnn1.Cc1ccccc1CN(CCCOc1ccc(C(F)(F)F)cc1)Cc1ccnnc1. The summed E-state index contributed by atoms with van der Waals surface area (Å²) >= 11 is 0. The summed E-state index contributed by atoms with van der Waals surface area (Å²) in [5, 5.41) is 15.9. The largest absolute Gasteiger partial charge is 0.494 e. The van der Waals surface area contributed by atoms with E-state index in [4.69, 9.17) is 18.9 Å². The number of benzene rings is 7. The zero-order valence-electron chi connectivity index (χ0n) is 69.3. The fourth-order valence-corrected chi connectivity index (χ4v) is 13.0. The highest BCUT2D eigenvalue weighted by molar-refractivity contribution is 5.33. The van der Waals surface area contributed by atoms with Gasteiger partial charge in [-0.25, -0.2) is 4.39 Å². The van der Waals surface area contributed by atoms with Gasteiger partial charge in [0, 0.05) is 145 Å². The Bertz CT molecular complexity index is 4820. The van der Waals surface area contributed by atoms with Crippen LogP contribution >= 0.6 is 0 Å². The molecule has 0 amide bonds. The smallest absolute Gasteiger partial charge is 0.416 e. The lowest BCUT2D eigenvalue weighted by molar-refractivity contribution is -0.138. The molecule has 0 atom stereocenters. The molecule has 0 N–H and O–H groups in total. The third-order valence-electron chi connectivity index (χ3n) is 19.2. The molecule has 0 spiro atoms. The standard InChI is InChI=1S/C25H26F4N2O.C24H26F3N3O.2C23H24F3N3O/c1-24(2,18-32-22-11-9-21(10-12-22)25(27,28)29)17-31(15-19-6-5-13-30-14-19)16-20-7-3-4-8-23(20)26;1-23(2,18-31-22-9-7-21(8-10-22)24(25,26)27)17-30(15-19-5-3-11-28-13-19)16-20-6-4-12-29-14-20;1-18-6-2-3-7-19(18)16-29(17-21-8-4-13-27-28-21)14-5-15-30-22-11-9-20(10-12-22)23(24,25)26;1-18-5-2-3-6-20(18)17-29(16-19-11-12-27-28-15-19)13-4-14-30-22-9-7-21(8-10-22)23(24,25)26/h3-14H,15-18H2,1-2H3;3-14H,15-18H2,1-2H3;2-4,6-13H,5,14-17H2,1H3;2-3,5-12,15H,4,13-14,16-17H2,1H3. The van der Waals surface area contributed by atoms with Gasteiger partial charge in [0.1, 0.15) is 28.8 Å². The van der Waals surface area contributed by atoms with Crippen molar-refractivity contribution in [3.05, 3.63) is 364 Å². The van der Waals surface area contributed by atoms with E-state index in [-0.39, 0.29) is 16.6 Å². The van der Waals surface area contributed by atoms with E-state index < -0.39 is 47.0 Å². The number of aryl methyl sites for hydroxylation is 2. The van der Waals surface area contributed by atoms with E-state index in [9.17, 15) is 57.1 Å². The molecule has 0 aliphatic rings. The number of rotatable bonds is 36. The average molecular weight is 1710 g/mol. The molecule has 0 saturated heterocycles. The molecule has 0 aliphatic carbocycles. The van der Waals surface area contributed by atoms with E-state index in [1.165, 1.54) is 76.9 Å². The first-order valence-electron chi connectivity index (χ1n) is 39.8. The van der Waals surface area contributed by atoms with Crippen LogP contribution in [-0.2, 0) is 77.1 Å². The molecule has 7 aromatic carbocycles. The minimum atomic E-state index is -4.38. The van der Waals surface area contributed by atoms with Crippen molar-refractivity contribution in [2.75, 3.05) is 52.6 Å². The second-order valence-electron chi connectivity index (χ2n) is 31.1. The van der Waals surface area contributed by atoms with E-state index in [0.717, 1.165) is 129 Å². The van der Waals surface area contributed by atoms with Crippen molar-refractivity contribution >= 4 is 0 Å². The van der Waals surface area contributed by atoms with Gasteiger partial charge in [-0.05, 0) is 211 Å². The van der Waals surface area contributed by atoms with E-state index in [0.29, 0.717) is 94.3 Å². The monoisotopic (exact) mass is 1710 g/mol. The number of pyridine rings is 3. The van der Waals surface area contributed by atoms with Crippen molar-refractivity contribution in [3.8, 4) is 23.0 Å². The quantitative estimate of drug-likeness (QED) is 0.0271. The Morgan fingerprint density at radius 1 is 0.301 bits per heavy atom. The normalized spacial score (nSPS) is 11.9. The molecule has 0 aliphatic heterocycles. The highest BCUT2D eigenvalue weighted by Gasteiger charge is 2.34. The summed E-state index contributed by atoms with van der Waals surface area (Å²) in [5.74, 6) is 1.41. The van der Waals surface area contributed by atoms with E-state index in [1.54, 1.807) is 61.6 Å². The number of nitrogens with zero attached hydrogens (tertiary/aromatic N) is 11. The Morgan fingerprint density at radius 3 is 0.992 bits per heavy atom. The van der Waals surface area contributed by atoms with Gasteiger partial charge in [-0.1, -0.05) is 113 Å². The van der Waals surface area contributed by atoms with Crippen molar-refractivity contribution in [2.45, 2.75) is 131 Å². The molecular formula is C95H100F13N11O4. The van der Waals surface area contributed by atoms with Crippen molar-refractivity contribution in [1.82, 2.24) is 54.9 Å². The van der Waals surface area contributed by atoms with Crippen LogP contribution in [0.25, 0.3) is 0 Å². The second kappa shape index (κ2) is 46.5. The molecule has 650 valence electrons. The van der Waals surface area contributed by atoms with E-state index in [1.807, 2.05) is 105 Å². The molecule has 0 saturated carbocycles. The molecule has 12 rings (SSSR count). The number of aromatic nitrogens is 7. The lowest BCUT2D eigenvalue weighted by Crippen LogP contribution is -2.37. The molecule has 5 aromatic heterocycles. The van der Waals surface area contributed by atoms with Gasteiger partial charge < -0.3 is 18.9 Å². The summed E-state index contributed by atoms with van der Waals surface area (Å²) in [6.45, 7) is 22.0. The fourth-order valence-electron chi connectivity index (χ4n) is 13.0. The van der Waals surface area contributed by atoms with Crippen LogP contribution in [0.5, 0.6) is 23.0 Å². The summed E-state index contributed by atoms with van der Waals surface area (Å²) in [4.78, 5) is 21.5. The van der Waals surface area contributed by atoms with Gasteiger partial charge in [-0.3, -0.25) is 34.6 Å². The average Bonchev–Trinajstić information content (AvgIpc) is 0.857. The topological polar surface area (TPSA) is 140 Å². The van der Waals surface area contributed by atoms with Crippen LogP contribution in [0.2, 0.25) is 0 Å². The number of ether oxygens (including phenoxy) is 4. The molecule has 0 unspecified atom stereocenters. The van der Waals surface area contributed by atoms with Gasteiger partial charge in [0.25, 0.3) is 0 Å². The maximum absolute atomic E-state index is 14.3. The highest BCUT2D eigenvalue weighted by Crippen LogP contribution is 2.36. The predicted octanol–water partition coefficient (Wildman–Crippen LogP) is 22.5. The van der Waals surface area contributed by atoms with Crippen molar-refractivity contribution in [3.63, 3.8) is 0 Å². The van der Waals surface area contributed by atoms with Gasteiger partial charge in [-0.2, -0.15) is 73.1 Å². The van der Waals surface area contributed by atoms with Crippen LogP contribution in [0.4, 0.5) is 57.1 Å². The highest BCUT2D eigenvalue weighted by atomic mass is 19.4. The van der Waals surface area contributed by atoms with Gasteiger partial charge in [0.15, 0.2) is 0 Å². The Kier molecular flexibility index (Phi) is 36.0. The number of halogens is 13. The predicted molar refractivity (Wildman–Crippen MR) is 447 cm³/mol. The van der Waals surface area contributed by atoms with Crippen LogP contribution in [0.15, 0.2) is 280 Å². The summed E-state index contributed by atoms with van der Waals surface area (Å²) in [7, 11) is 0. The number of hydrogen-bond acceptors (Lipinski definition) is 15. The molecule has 15 nitrogen and oxygen atoms in total. The summed E-state index contributed by atoms with van der Waals surface area (Å²) in [6.07, 6.45) is -0.187. The zero-order valence-corrected chi connectivity index (χ0v) is 69.3. The molecule has 5 heterocycles. The van der Waals surface area contributed by atoms with Crippen LogP contribution in [-0.4, -0.2) is 108 Å². The van der Waals surface area contributed by atoms with Crippen LogP contribution < -0.4 is 18.9 Å². The molecule has 28 heteroatoms. The fraction of sp³-hybridized carbons (Fsp3) is 0.316. The van der Waals surface area contributed by atoms with Crippen molar-refractivity contribution in [2.24, 2.45) is 10.8 Å². The van der Waals surface area contributed by atoms with Crippen LogP contribution in [0, 0.1) is 30.5 Å². The van der Waals surface area contributed by atoms with Gasteiger partial charge in [-0.15, -0.1) is 0 Å². The van der Waals surface area contributed by atoms with E-state index in [2.05, 4.69) is 107 Å². The lowest BCUT2D eigenvalue weighted by Gasteiger charge is -2.33. The molecular weight excluding hydrogens is 1610 g/mol. The summed E-state index contributed by atoms with van der Waals surface area (Å²) < 4.78 is 189. The minimum Gasteiger partial charge on any atom is -0.494 e. The minimum absolute atomic E-state index is 0.243. The first-order valence-corrected chi connectivity index (χ1v) is 39.8. The first-order chi connectivity index (χ1) is 58.7. The first kappa shape index (κ1) is 95.1. The number of alkyl halides is 12. The van der Waals surface area contributed by atoms with Gasteiger partial charge >= 0.3 is 24.7 Å². The number of hydrogen-bond donors (Lipinski definition) is 0. The molecule has 0 radical (unpaired) electrons. The Hall–Kier alpha value is -11.7. The van der Waals surface area contributed by atoms with Gasteiger partial charge in [0.2, 0.25) is 0 Å². The Morgan fingerprint density at radius 2 is 0.642 bits per heavy atom. The summed E-state index contributed by atoms with van der Waals surface area (Å²) in [6, 6.07) is 59.7. The van der Waals surface area contributed by atoms with Gasteiger partial charge in [0.05, 0.1) is 60.6 Å². The maximum atomic E-state index is 14.3. The second-order valence-corrected chi connectivity index (χ2v) is 31.1. The van der Waals surface area contributed by atoms with Crippen LogP contribution in [0.3, 0.4) is 0 Å². The lowest BCUT2D eigenvalue weighted by atomic mass is 9.93. The van der Waals surface area contributed by atoms with Crippen molar-refractivity contribution < 1.29 is 76.0 Å². The van der Waals surface area contributed by atoms with Crippen LogP contribution in [0.1, 0.15) is 119 Å². The van der Waals surface area contributed by atoms with E-state index >= 15 is 0 Å². The summed E-state index contributed by atoms with van der Waals surface area (Å²) in [5.41, 5.74) is 7.37. The zero-order chi connectivity index (χ0) is 88.3. The molecule has 12 aromatic rings. The third-order valence-corrected chi connectivity index (χ3v) is 19.2. The maximum Gasteiger partial charge on any atom is 0.416 e. The Labute approximate surface area is 709 Å². The molecule has 0 bridgehead atoms. The van der Waals surface area contributed by atoms with Crippen molar-refractivity contribution in [1.29, 1.82) is 0 Å². The third kappa shape index (κ3) is 34.6. The Balaban J connectivity index is 0.000000186. The molecule has 0 fully saturated rings.